The molecule has 2 N–H and O–H groups in total. The van der Waals surface area contributed by atoms with Gasteiger partial charge in [0.25, 0.3) is 0 Å². The van der Waals surface area contributed by atoms with Crippen LogP contribution in [0, 0.1) is 0 Å². The van der Waals surface area contributed by atoms with Crippen LogP contribution in [-0.2, 0) is 0 Å². The molecular weight excluding hydrogens is 141 g/mol. The van der Waals surface area contributed by atoms with Gasteiger partial charge in [-0.3, -0.25) is 0 Å². The van der Waals surface area contributed by atoms with Gasteiger partial charge in [0.05, 0.1) is 0 Å². The van der Waals surface area contributed by atoms with Crippen LogP contribution in [0.25, 0.3) is 0 Å². The molecule has 62 valence electrons. The van der Waals surface area contributed by atoms with E-state index in [0.29, 0.717) is 6.54 Å². The van der Waals surface area contributed by atoms with Gasteiger partial charge >= 0.3 is 0 Å². The molecule has 0 aromatic carbocycles. The van der Waals surface area contributed by atoms with Crippen molar-refractivity contribution in [1.29, 1.82) is 0 Å². The molecule has 0 heterocycles. The van der Waals surface area contributed by atoms with Gasteiger partial charge in [0.1, 0.15) is 6.67 Å². The Kier molecular flexibility index (Phi) is 5.39. The van der Waals surface area contributed by atoms with Gasteiger partial charge in [-0.25, -0.2) is 4.39 Å². The first-order valence-electron chi connectivity index (χ1n) is 3.51. The van der Waals surface area contributed by atoms with Crippen LogP contribution in [-0.4, -0.2) is 13.2 Å². The summed E-state index contributed by atoms with van der Waals surface area (Å²) in [7, 11) is 0. The van der Waals surface area contributed by atoms with E-state index in [-0.39, 0.29) is 0 Å². The number of halogens is 1. The molecule has 0 atom stereocenters. The molecule has 0 aromatic heterocycles. The summed E-state index contributed by atoms with van der Waals surface area (Å²) in [6, 6.07) is 0. The van der Waals surface area contributed by atoms with Crippen LogP contribution < -0.4 is 5.73 Å². The van der Waals surface area contributed by atoms with Crippen LogP contribution in [0.1, 0.15) is 6.92 Å². The van der Waals surface area contributed by atoms with E-state index < -0.39 is 6.67 Å². The van der Waals surface area contributed by atoms with Crippen molar-refractivity contribution in [2.24, 2.45) is 5.73 Å². The van der Waals surface area contributed by atoms with Crippen molar-refractivity contribution in [3.63, 3.8) is 0 Å². The van der Waals surface area contributed by atoms with Crippen LogP contribution in [0.2, 0.25) is 0 Å². The van der Waals surface area contributed by atoms with Crippen molar-refractivity contribution in [3.8, 4) is 0 Å². The summed E-state index contributed by atoms with van der Waals surface area (Å²) in [6.45, 7) is 5.34. The average Bonchev–Trinajstić information content (AvgIpc) is 2.00. The molecule has 0 aliphatic carbocycles. The number of hydrogen-bond donors (Lipinski definition) is 1. The summed E-state index contributed by atoms with van der Waals surface area (Å²) >= 11 is 0. The highest BCUT2D eigenvalue weighted by Gasteiger charge is 1.94. The first-order chi connectivity index (χ1) is 5.26. The number of allylic oxidation sites excluding steroid dienone is 3. The first-order valence-corrected chi connectivity index (χ1v) is 3.51. The van der Waals surface area contributed by atoms with E-state index in [1.807, 2.05) is 13.0 Å². The molecule has 0 spiro atoms. The second-order valence-electron chi connectivity index (χ2n) is 2.17. The molecule has 0 aliphatic rings. The second-order valence-corrected chi connectivity index (χ2v) is 2.17. The Morgan fingerprint density at radius 1 is 1.64 bits per heavy atom. The van der Waals surface area contributed by atoms with Crippen molar-refractivity contribution >= 4 is 0 Å². The van der Waals surface area contributed by atoms with E-state index in [0.717, 1.165) is 11.1 Å². The van der Waals surface area contributed by atoms with E-state index >= 15 is 0 Å². The molecule has 0 fully saturated rings. The fraction of sp³-hybridized carbons (Fsp3) is 0.333. The van der Waals surface area contributed by atoms with Gasteiger partial charge in [0, 0.05) is 6.54 Å². The number of hydrogen-bond acceptors (Lipinski definition) is 1. The smallest absolute Gasteiger partial charge is 0.108 e. The Morgan fingerprint density at radius 3 is 2.64 bits per heavy atom. The minimum atomic E-state index is -0.463. The maximum absolute atomic E-state index is 11.8. The predicted octanol–water partition coefficient (Wildman–Crippen LogP) is 1.97. The van der Waals surface area contributed by atoms with Gasteiger partial charge in [-0.2, -0.15) is 0 Å². The van der Waals surface area contributed by atoms with E-state index in [9.17, 15) is 4.39 Å². The van der Waals surface area contributed by atoms with E-state index in [1.165, 1.54) is 6.08 Å². The largest absolute Gasteiger partial charge is 0.326 e. The normalized spacial score (nSPS) is 13.4. The van der Waals surface area contributed by atoms with Crippen LogP contribution in [0.3, 0.4) is 0 Å². The Morgan fingerprint density at radius 2 is 2.27 bits per heavy atom. The Balaban J connectivity index is 4.37. The molecule has 0 amide bonds. The van der Waals surface area contributed by atoms with Crippen LogP contribution >= 0.6 is 0 Å². The predicted molar refractivity (Wildman–Crippen MR) is 47.1 cm³/mol. The molecule has 2 heteroatoms. The third kappa shape index (κ3) is 3.73. The minimum absolute atomic E-state index is 0.375. The fourth-order valence-electron chi connectivity index (χ4n) is 0.782. The highest BCUT2D eigenvalue weighted by Crippen LogP contribution is 2.06. The first kappa shape index (κ1) is 10.1. The van der Waals surface area contributed by atoms with E-state index in [2.05, 4.69) is 6.58 Å². The van der Waals surface area contributed by atoms with Crippen molar-refractivity contribution in [2.75, 3.05) is 13.2 Å². The van der Waals surface area contributed by atoms with Gasteiger partial charge in [-0.15, -0.1) is 0 Å². The van der Waals surface area contributed by atoms with Gasteiger partial charge in [-0.05, 0) is 24.1 Å². The molecule has 0 aromatic rings. The van der Waals surface area contributed by atoms with Gasteiger partial charge in [0.15, 0.2) is 0 Å². The monoisotopic (exact) mass is 155 g/mol. The Labute approximate surface area is 67.1 Å². The molecule has 0 radical (unpaired) electrons. The zero-order valence-electron chi connectivity index (χ0n) is 6.81. The molecule has 1 nitrogen and oxygen atoms in total. The summed E-state index contributed by atoms with van der Waals surface area (Å²) in [5.74, 6) is 0. The lowest BCUT2D eigenvalue weighted by Crippen LogP contribution is -2.04. The van der Waals surface area contributed by atoms with Crippen LogP contribution in [0.15, 0.2) is 36.0 Å². The van der Waals surface area contributed by atoms with Gasteiger partial charge in [-0.1, -0.05) is 18.7 Å². The summed E-state index contributed by atoms with van der Waals surface area (Å²) in [4.78, 5) is 0. The second kappa shape index (κ2) is 5.86. The molecule has 0 aliphatic heterocycles. The maximum Gasteiger partial charge on any atom is 0.108 e. The highest BCUT2D eigenvalue weighted by atomic mass is 19.1. The lowest BCUT2D eigenvalue weighted by molar-refractivity contribution is 0.559. The number of nitrogens with two attached hydrogens (primary N) is 1. The van der Waals surface area contributed by atoms with Gasteiger partial charge < -0.3 is 5.73 Å². The van der Waals surface area contributed by atoms with Crippen molar-refractivity contribution in [1.82, 2.24) is 0 Å². The third-order valence-electron chi connectivity index (χ3n) is 1.42. The van der Waals surface area contributed by atoms with E-state index in [4.69, 9.17) is 5.73 Å². The summed E-state index contributed by atoms with van der Waals surface area (Å²) in [6.07, 6.45) is 4.96. The van der Waals surface area contributed by atoms with Crippen LogP contribution in [0.5, 0.6) is 0 Å². The zero-order chi connectivity index (χ0) is 8.69. The molecule has 0 saturated carbocycles. The maximum atomic E-state index is 11.8. The standard InChI is InChI=1S/C9H14FN/c1-3-4-8(2)9(7-11)5-6-10/h3-5H,1,6-7,11H2,2H3. The average molecular weight is 155 g/mol. The summed E-state index contributed by atoms with van der Waals surface area (Å²) in [5.41, 5.74) is 7.19. The summed E-state index contributed by atoms with van der Waals surface area (Å²) < 4.78 is 11.8. The molecule has 11 heavy (non-hydrogen) atoms. The van der Waals surface area contributed by atoms with E-state index in [1.54, 1.807) is 6.08 Å². The molecule has 0 saturated heterocycles. The lowest BCUT2D eigenvalue weighted by Gasteiger charge is -2.01. The number of alkyl halides is 1. The molecular formula is C9H14FN. The third-order valence-corrected chi connectivity index (χ3v) is 1.42. The number of rotatable bonds is 4. The minimum Gasteiger partial charge on any atom is -0.326 e. The topological polar surface area (TPSA) is 26.0 Å². The highest BCUT2D eigenvalue weighted by molar-refractivity contribution is 5.32. The fourth-order valence-corrected chi connectivity index (χ4v) is 0.782. The molecule has 0 rings (SSSR count). The molecule has 0 bridgehead atoms. The Hall–Kier alpha value is -0.890. The summed E-state index contributed by atoms with van der Waals surface area (Å²) in [5, 5.41) is 0. The Bertz CT molecular complexity index is 180. The van der Waals surface area contributed by atoms with Crippen molar-refractivity contribution < 1.29 is 4.39 Å². The molecule has 0 unspecified atom stereocenters. The SMILES string of the molecule is C=CC=C(C)C(=CCF)CN. The van der Waals surface area contributed by atoms with Crippen molar-refractivity contribution in [2.45, 2.75) is 6.92 Å². The van der Waals surface area contributed by atoms with Gasteiger partial charge in [0.2, 0.25) is 0 Å². The van der Waals surface area contributed by atoms with Crippen LogP contribution in [0.4, 0.5) is 4.39 Å². The lowest BCUT2D eigenvalue weighted by atomic mass is 10.1. The zero-order valence-corrected chi connectivity index (χ0v) is 6.81. The quantitative estimate of drug-likeness (QED) is 0.617. The van der Waals surface area contributed by atoms with Crippen molar-refractivity contribution in [3.05, 3.63) is 36.0 Å².